The molecule has 0 spiro atoms. The average Bonchev–Trinajstić information content (AvgIpc) is 2.62. The molecule has 2 aliphatic heterocycles. The van der Waals surface area contributed by atoms with E-state index >= 15 is 0 Å². The second-order valence-corrected chi connectivity index (χ2v) is 9.35. The lowest BCUT2D eigenvalue weighted by atomic mass is 9.95. The molecule has 146 valence electrons. The number of piperidine rings is 1. The van der Waals surface area contributed by atoms with Crippen molar-refractivity contribution < 1.29 is 13.2 Å². The average molecular weight is 383 g/mol. The number of hydrogen-bond acceptors (Lipinski definition) is 6. The molecule has 2 unspecified atom stereocenters. The molecule has 0 aromatic carbocycles. The minimum absolute atomic E-state index is 0.203. The zero-order chi connectivity index (χ0) is 18.7. The highest BCUT2D eigenvalue weighted by Gasteiger charge is 2.27. The van der Waals surface area contributed by atoms with Gasteiger partial charge >= 0.3 is 0 Å². The van der Waals surface area contributed by atoms with Gasteiger partial charge in [-0.15, -0.1) is 0 Å². The van der Waals surface area contributed by atoms with E-state index < -0.39 is 10.0 Å². The Balaban J connectivity index is 1.52. The Kier molecular flexibility index (Phi) is 6.17. The number of ether oxygens (including phenoxy) is 1. The summed E-state index contributed by atoms with van der Waals surface area (Å²) in [4.78, 5) is 9.34. The molecule has 8 heteroatoms. The van der Waals surface area contributed by atoms with Crippen LogP contribution in [0.1, 0.15) is 26.7 Å². The normalized spacial score (nSPS) is 26.2. The van der Waals surface area contributed by atoms with Crippen LogP contribution in [0.15, 0.2) is 23.2 Å². The van der Waals surface area contributed by atoms with Crippen molar-refractivity contribution in [3.05, 3.63) is 18.3 Å². The fourth-order valence-corrected chi connectivity index (χ4v) is 4.65. The standard InChI is InChI=1S/C18H30N4O3S/c1-14-11-21(12-15(2)25-14)13-16-6-8-22(9-7-16)18-5-4-17(10-20-18)26(23,24)19-3/h4-5,10,14-16,19H,6-9,11-13H2,1-3H3. The Labute approximate surface area is 156 Å². The van der Waals surface area contributed by atoms with Gasteiger partial charge in [-0.05, 0) is 51.8 Å². The van der Waals surface area contributed by atoms with Crippen molar-refractivity contribution in [1.82, 2.24) is 14.6 Å². The van der Waals surface area contributed by atoms with Crippen LogP contribution < -0.4 is 9.62 Å². The fraction of sp³-hybridized carbons (Fsp3) is 0.722. The van der Waals surface area contributed by atoms with E-state index in [1.165, 1.54) is 13.2 Å². The molecule has 0 aliphatic carbocycles. The lowest BCUT2D eigenvalue weighted by Gasteiger charge is -2.39. The molecule has 0 saturated carbocycles. The topological polar surface area (TPSA) is 74.8 Å². The molecule has 0 amide bonds. The third-order valence-electron chi connectivity index (χ3n) is 5.25. The van der Waals surface area contributed by atoms with Gasteiger partial charge in [-0.1, -0.05) is 0 Å². The molecule has 7 nitrogen and oxygen atoms in total. The van der Waals surface area contributed by atoms with E-state index in [1.807, 2.05) is 0 Å². The van der Waals surface area contributed by atoms with Crippen LogP contribution in [0.2, 0.25) is 0 Å². The summed E-state index contributed by atoms with van der Waals surface area (Å²) in [5, 5.41) is 0. The van der Waals surface area contributed by atoms with Crippen LogP contribution in [-0.4, -0.2) is 70.3 Å². The monoisotopic (exact) mass is 382 g/mol. The first-order valence-electron chi connectivity index (χ1n) is 9.39. The van der Waals surface area contributed by atoms with Crippen molar-refractivity contribution in [2.24, 2.45) is 5.92 Å². The van der Waals surface area contributed by atoms with Gasteiger partial charge in [-0.2, -0.15) is 0 Å². The van der Waals surface area contributed by atoms with Gasteiger partial charge in [0, 0.05) is 38.9 Å². The Hall–Kier alpha value is -1.22. The van der Waals surface area contributed by atoms with E-state index in [2.05, 4.69) is 33.4 Å². The third kappa shape index (κ3) is 4.73. The maximum Gasteiger partial charge on any atom is 0.241 e. The van der Waals surface area contributed by atoms with Crippen molar-refractivity contribution in [1.29, 1.82) is 0 Å². The highest BCUT2D eigenvalue weighted by Crippen LogP contribution is 2.24. The molecule has 0 bridgehead atoms. The molecule has 0 radical (unpaired) electrons. The second kappa shape index (κ2) is 8.21. The molecule has 2 fully saturated rings. The first-order chi connectivity index (χ1) is 12.4. The number of rotatable bonds is 5. The molecule has 26 heavy (non-hydrogen) atoms. The number of nitrogens with one attached hydrogen (secondary N) is 1. The highest BCUT2D eigenvalue weighted by molar-refractivity contribution is 7.89. The van der Waals surface area contributed by atoms with Crippen molar-refractivity contribution in [2.75, 3.05) is 44.7 Å². The Morgan fingerprint density at radius 1 is 1.19 bits per heavy atom. The predicted octanol–water partition coefficient (Wildman–Crippen LogP) is 1.32. The van der Waals surface area contributed by atoms with Gasteiger partial charge in [-0.25, -0.2) is 18.1 Å². The number of hydrogen-bond donors (Lipinski definition) is 1. The smallest absolute Gasteiger partial charge is 0.241 e. The molecule has 1 N–H and O–H groups in total. The number of morpholine rings is 1. The molecule has 2 aliphatic rings. The van der Waals surface area contributed by atoms with Gasteiger partial charge in [0.15, 0.2) is 0 Å². The van der Waals surface area contributed by atoms with E-state index in [0.717, 1.165) is 51.4 Å². The summed E-state index contributed by atoms with van der Waals surface area (Å²) < 4.78 is 31.7. The lowest BCUT2D eigenvalue weighted by Crippen LogP contribution is -2.48. The minimum Gasteiger partial charge on any atom is -0.373 e. The molecular formula is C18H30N4O3S. The van der Waals surface area contributed by atoms with Gasteiger partial charge in [-0.3, -0.25) is 4.90 Å². The zero-order valence-corrected chi connectivity index (χ0v) is 16.7. The summed E-state index contributed by atoms with van der Waals surface area (Å²) in [7, 11) is -2.02. The summed E-state index contributed by atoms with van der Waals surface area (Å²) in [6, 6.07) is 3.42. The number of nitrogens with zero attached hydrogens (tertiary/aromatic N) is 3. The summed E-state index contributed by atoms with van der Waals surface area (Å²) in [5.74, 6) is 1.56. The van der Waals surface area contributed by atoms with Crippen LogP contribution in [0.25, 0.3) is 0 Å². The van der Waals surface area contributed by atoms with Gasteiger partial charge in [0.05, 0.1) is 12.2 Å². The van der Waals surface area contributed by atoms with Crippen LogP contribution in [0.4, 0.5) is 5.82 Å². The van der Waals surface area contributed by atoms with E-state index in [9.17, 15) is 8.42 Å². The van der Waals surface area contributed by atoms with Crippen molar-refractivity contribution in [2.45, 2.75) is 43.8 Å². The number of pyridine rings is 1. The van der Waals surface area contributed by atoms with Crippen molar-refractivity contribution >= 4 is 15.8 Å². The van der Waals surface area contributed by atoms with Crippen molar-refractivity contribution in [3.63, 3.8) is 0 Å². The summed E-state index contributed by atoms with van der Waals surface area (Å²) >= 11 is 0. The third-order valence-corrected chi connectivity index (χ3v) is 6.65. The van der Waals surface area contributed by atoms with E-state index in [-0.39, 0.29) is 4.90 Å². The fourth-order valence-electron chi connectivity index (χ4n) is 3.98. The number of anilines is 1. The van der Waals surface area contributed by atoms with Crippen LogP contribution in [-0.2, 0) is 14.8 Å². The van der Waals surface area contributed by atoms with Crippen LogP contribution in [0.5, 0.6) is 0 Å². The largest absolute Gasteiger partial charge is 0.373 e. The summed E-state index contributed by atoms with van der Waals surface area (Å²) in [5.41, 5.74) is 0. The van der Waals surface area contributed by atoms with Crippen LogP contribution in [0, 0.1) is 5.92 Å². The Morgan fingerprint density at radius 2 is 1.85 bits per heavy atom. The molecule has 1 aromatic heterocycles. The van der Waals surface area contributed by atoms with E-state index in [0.29, 0.717) is 18.1 Å². The Morgan fingerprint density at radius 3 is 2.38 bits per heavy atom. The second-order valence-electron chi connectivity index (χ2n) is 7.47. The highest BCUT2D eigenvalue weighted by atomic mass is 32.2. The van der Waals surface area contributed by atoms with Crippen LogP contribution in [0.3, 0.4) is 0 Å². The number of aromatic nitrogens is 1. The maximum atomic E-state index is 11.8. The molecule has 2 saturated heterocycles. The van der Waals surface area contributed by atoms with Gasteiger partial charge in [0.25, 0.3) is 0 Å². The first-order valence-corrected chi connectivity index (χ1v) is 10.9. The number of sulfonamides is 1. The zero-order valence-electron chi connectivity index (χ0n) is 15.9. The molecule has 2 atom stereocenters. The molecule has 3 rings (SSSR count). The van der Waals surface area contributed by atoms with Gasteiger partial charge in [0.1, 0.15) is 10.7 Å². The summed E-state index contributed by atoms with van der Waals surface area (Å²) in [6.07, 6.45) is 4.34. The van der Waals surface area contributed by atoms with E-state index in [1.54, 1.807) is 12.1 Å². The predicted molar refractivity (Wildman–Crippen MR) is 102 cm³/mol. The lowest BCUT2D eigenvalue weighted by molar-refractivity contribution is -0.0720. The molecule has 1 aromatic rings. The van der Waals surface area contributed by atoms with Gasteiger partial charge < -0.3 is 9.64 Å². The Bertz CT molecular complexity index is 677. The molecular weight excluding hydrogens is 352 g/mol. The SMILES string of the molecule is CNS(=O)(=O)c1ccc(N2CCC(CN3CC(C)OC(C)C3)CC2)nc1. The van der Waals surface area contributed by atoms with Crippen LogP contribution >= 0.6 is 0 Å². The van der Waals surface area contributed by atoms with Gasteiger partial charge in [0.2, 0.25) is 10.0 Å². The quantitative estimate of drug-likeness (QED) is 0.828. The summed E-state index contributed by atoms with van der Waals surface area (Å²) in [6.45, 7) is 9.40. The minimum atomic E-state index is -3.43. The first kappa shape index (κ1) is 19.5. The van der Waals surface area contributed by atoms with E-state index in [4.69, 9.17) is 4.74 Å². The molecule has 3 heterocycles. The maximum absolute atomic E-state index is 11.8. The van der Waals surface area contributed by atoms with Crippen molar-refractivity contribution in [3.8, 4) is 0 Å².